The standard InChI is InChI=1S/C24H19ClN2O5/c1-30-19-8-4-5-9-20(19)31-14-21(28)27-22-17-6-2-3-7-18(17)32-23(22)24(29)26-16-12-10-15(25)11-13-16/h2-13H,14H2,1H3,(H,26,29)(H,27,28). The van der Waals surface area contributed by atoms with Gasteiger partial charge in [0.05, 0.1) is 7.11 Å². The van der Waals surface area contributed by atoms with Crippen LogP contribution in [0.3, 0.4) is 0 Å². The molecule has 0 saturated carbocycles. The van der Waals surface area contributed by atoms with Crippen LogP contribution < -0.4 is 20.1 Å². The molecule has 0 aliphatic carbocycles. The van der Waals surface area contributed by atoms with Crippen LogP contribution in [0.2, 0.25) is 5.02 Å². The number of amides is 2. The van der Waals surface area contributed by atoms with Gasteiger partial charge in [-0.25, -0.2) is 0 Å². The minimum atomic E-state index is -0.510. The van der Waals surface area contributed by atoms with Crippen LogP contribution in [0.4, 0.5) is 11.4 Å². The molecule has 1 heterocycles. The Bertz CT molecular complexity index is 1270. The molecule has 7 nitrogen and oxygen atoms in total. The lowest BCUT2D eigenvalue weighted by Crippen LogP contribution is -2.22. The highest BCUT2D eigenvalue weighted by molar-refractivity contribution is 6.30. The Morgan fingerprint density at radius 2 is 1.59 bits per heavy atom. The first kappa shape index (κ1) is 21.3. The van der Waals surface area contributed by atoms with Crippen LogP contribution in [0.25, 0.3) is 11.0 Å². The van der Waals surface area contributed by atoms with Crippen molar-refractivity contribution in [3.63, 3.8) is 0 Å². The normalized spacial score (nSPS) is 10.6. The predicted octanol–water partition coefficient (Wildman–Crippen LogP) is 5.36. The predicted molar refractivity (Wildman–Crippen MR) is 123 cm³/mol. The molecule has 2 N–H and O–H groups in total. The van der Waals surface area contributed by atoms with Crippen molar-refractivity contribution < 1.29 is 23.5 Å². The molecular weight excluding hydrogens is 432 g/mol. The van der Waals surface area contributed by atoms with Gasteiger partial charge in [0.25, 0.3) is 11.8 Å². The molecule has 32 heavy (non-hydrogen) atoms. The third-order valence-electron chi connectivity index (χ3n) is 4.60. The summed E-state index contributed by atoms with van der Waals surface area (Å²) in [7, 11) is 1.52. The Morgan fingerprint density at radius 1 is 0.906 bits per heavy atom. The van der Waals surface area contributed by atoms with E-state index in [1.807, 2.05) is 0 Å². The molecule has 8 heteroatoms. The molecule has 3 aromatic carbocycles. The molecule has 0 radical (unpaired) electrons. The number of nitrogens with one attached hydrogen (secondary N) is 2. The van der Waals surface area contributed by atoms with Crippen LogP contribution in [0.5, 0.6) is 11.5 Å². The maximum atomic E-state index is 12.9. The second kappa shape index (κ2) is 9.45. The molecule has 162 valence electrons. The van der Waals surface area contributed by atoms with Crippen LogP contribution >= 0.6 is 11.6 Å². The average Bonchev–Trinajstić information content (AvgIpc) is 3.18. The average molecular weight is 451 g/mol. The van der Waals surface area contributed by atoms with E-state index in [0.29, 0.717) is 33.2 Å². The maximum absolute atomic E-state index is 12.9. The minimum absolute atomic E-state index is 0.0215. The number of furan rings is 1. The molecule has 0 bridgehead atoms. The second-order valence-corrected chi connectivity index (χ2v) is 7.19. The topological polar surface area (TPSA) is 89.8 Å². The number of benzene rings is 3. The summed E-state index contributed by atoms with van der Waals surface area (Å²) >= 11 is 5.90. The molecule has 0 aliphatic rings. The highest BCUT2D eigenvalue weighted by Gasteiger charge is 2.22. The highest BCUT2D eigenvalue weighted by atomic mass is 35.5. The summed E-state index contributed by atoms with van der Waals surface area (Å²) < 4.78 is 16.5. The molecule has 0 spiro atoms. The number of para-hydroxylation sites is 3. The number of ether oxygens (including phenoxy) is 2. The van der Waals surface area contributed by atoms with E-state index >= 15 is 0 Å². The van der Waals surface area contributed by atoms with Gasteiger partial charge in [-0.3, -0.25) is 9.59 Å². The first-order valence-electron chi connectivity index (χ1n) is 9.69. The second-order valence-electron chi connectivity index (χ2n) is 6.75. The van der Waals surface area contributed by atoms with Crippen molar-refractivity contribution in [1.29, 1.82) is 0 Å². The number of carbonyl (C=O) groups excluding carboxylic acids is 2. The van der Waals surface area contributed by atoms with Crippen molar-refractivity contribution in [2.45, 2.75) is 0 Å². The highest BCUT2D eigenvalue weighted by Crippen LogP contribution is 2.32. The smallest absolute Gasteiger partial charge is 0.293 e. The van der Waals surface area contributed by atoms with Crippen molar-refractivity contribution >= 4 is 45.8 Å². The lowest BCUT2D eigenvalue weighted by Gasteiger charge is -2.11. The maximum Gasteiger partial charge on any atom is 0.293 e. The van der Waals surface area contributed by atoms with Crippen LogP contribution in [-0.4, -0.2) is 25.5 Å². The van der Waals surface area contributed by atoms with Gasteiger partial charge in [-0.05, 0) is 48.5 Å². The van der Waals surface area contributed by atoms with E-state index in [-0.39, 0.29) is 18.1 Å². The third kappa shape index (κ3) is 4.68. The van der Waals surface area contributed by atoms with Gasteiger partial charge in [-0.1, -0.05) is 35.9 Å². The number of halogens is 1. The fourth-order valence-corrected chi connectivity index (χ4v) is 3.23. The lowest BCUT2D eigenvalue weighted by atomic mass is 10.2. The van der Waals surface area contributed by atoms with Gasteiger partial charge < -0.3 is 24.5 Å². The van der Waals surface area contributed by atoms with Crippen LogP contribution in [0.1, 0.15) is 10.6 Å². The van der Waals surface area contributed by atoms with Gasteiger partial charge >= 0.3 is 0 Å². The zero-order chi connectivity index (χ0) is 22.5. The number of hydrogen-bond donors (Lipinski definition) is 2. The van der Waals surface area contributed by atoms with E-state index in [1.165, 1.54) is 7.11 Å². The van der Waals surface area contributed by atoms with Crippen molar-refractivity contribution in [2.24, 2.45) is 0 Å². The number of methoxy groups -OCH3 is 1. The van der Waals surface area contributed by atoms with Gasteiger partial charge in [-0.15, -0.1) is 0 Å². The van der Waals surface area contributed by atoms with Gasteiger partial charge in [0.15, 0.2) is 18.1 Å². The van der Waals surface area contributed by atoms with Crippen molar-refractivity contribution in [2.75, 3.05) is 24.4 Å². The number of fused-ring (bicyclic) bond motifs is 1. The van der Waals surface area contributed by atoms with Gasteiger partial charge in [-0.2, -0.15) is 0 Å². The zero-order valence-corrected chi connectivity index (χ0v) is 17.8. The Kier molecular flexibility index (Phi) is 6.28. The van der Waals surface area contributed by atoms with E-state index in [0.717, 1.165) is 0 Å². The molecule has 0 fully saturated rings. The summed E-state index contributed by atoms with van der Waals surface area (Å²) in [5.74, 6) is -0.0423. The summed E-state index contributed by atoms with van der Waals surface area (Å²) in [6.07, 6.45) is 0. The number of hydrogen-bond acceptors (Lipinski definition) is 5. The van der Waals surface area contributed by atoms with Crippen molar-refractivity contribution in [3.8, 4) is 11.5 Å². The fraction of sp³-hybridized carbons (Fsp3) is 0.0833. The summed E-state index contributed by atoms with van der Waals surface area (Å²) in [6, 6.07) is 20.7. The SMILES string of the molecule is COc1ccccc1OCC(=O)Nc1c(C(=O)Nc2ccc(Cl)cc2)oc2ccccc12. The number of anilines is 2. The Balaban J connectivity index is 1.55. The largest absolute Gasteiger partial charge is 0.493 e. The van der Waals surface area contributed by atoms with Crippen LogP contribution in [0, 0.1) is 0 Å². The number of carbonyl (C=O) groups is 2. The number of rotatable bonds is 7. The van der Waals surface area contributed by atoms with Crippen LogP contribution in [-0.2, 0) is 4.79 Å². The minimum Gasteiger partial charge on any atom is -0.493 e. The Hall–Kier alpha value is -3.97. The molecule has 0 saturated heterocycles. The molecule has 4 rings (SSSR count). The summed E-state index contributed by atoms with van der Waals surface area (Å²) in [5, 5.41) is 6.63. The molecule has 0 unspecified atom stereocenters. The van der Waals surface area contributed by atoms with Crippen LogP contribution in [0.15, 0.2) is 77.2 Å². The van der Waals surface area contributed by atoms with E-state index in [4.69, 9.17) is 25.5 Å². The molecular formula is C24H19ClN2O5. The third-order valence-corrected chi connectivity index (χ3v) is 4.85. The fourth-order valence-electron chi connectivity index (χ4n) is 3.11. The van der Waals surface area contributed by atoms with E-state index in [2.05, 4.69) is 10.6 Å². The monoisotopic (exact) mass is 450 g/mol. The van der Waals surface area contributed by atoms with Gasteiger partial charge in [0.2, 0.25) is 5.76 Å². The van der Waals surface area contributed by atoms with Gasteiger partial charge in [0, 0.05) is 16.1 Å². The first-order chi connectivity index (χ1) is 15.5. The van der Waals surface area contributed by atoms with Crippen molar-refractivity contribution in [3.05, 3.63) is 83.6 Å². The lowest BCUT2D eigenvalue weighted by molar-refractivity contribution is -0.118. The molecule has 4 aromatic rings. The Labute approximate surface area is 188 Å². The molecule has 0 aliphatic heterocycles. The van der Waals surface area contributed by atoms with Crippen molar-refractivity contribution in [1.82, 2.24) is 0 Å². The molecule has 2 amide bonds. The first-order valence-corrected chi connectivity index (χ1v) is 10.1. The molecule has 0 atom stereocenters. The quantitative estimate of drug-likeness (QED) is 0.395. The van der Waals surface area contributed by atoms with E-state index < -0.39 is 11.8 Å². The summed E-state index contributed by atoms with van der Waals surface area (Å²) in [4.78, 5) is 25.5. The summed E-state index contributed by atoms with van der Waals surface area (Å²) in [6.45, 7) is -0.280. The van der Waals surface area contributed by atoms with E-state index in [1.54, 1.807) is 72.8 Å². The summed E-state index contributed by atoms with van der Waals surface area (Å²) in [5.41, 5.74) is 1.27. The zero-order valence-electron chi connectivity index (χ0n) is 17.1. The van der Waals surface area contributed by atoms with Gasteiger partial charge in [0.1, 0.15) is 11.3 Å². The Morgan fingerprint density at radius 3 is 2.34 bits per heavy atom. The van der Waals surface area contributed by atoms with E-state index in [9.17, 15) is 9.59 Å². The molecule has 1 aromatic heterocycles.